The molecule has 1 amide bonds. The lowest BCUT2D eigenvalue weighted by Gasteiger charge is -2.40. The second-order valence-corrected chi connectivity index (χ2v) is 9.05. The number of amides is 1. The van der Waals surface area contributed by atoms with Gasteiger partial charge in [0.05, 0.1) is 31.8 Å². The molecule has 1 aliphatic heterocycles. The third-order valence-electron chi connectivity index (χ3n) is 6.20. The quantitative estimate of drug-likeness (QED) is 0.188. The average molecular weight is 540 g/mol. The molecule has 8 atom stereocenters. The fourth-order valence-corrected chi connectivity index (χ4v) is 3.90. The van der Waals surface area contributed by atoms with E-state index in [0.717, 1.165) is 0 Å². The Bertz CT molecular complexity index is 1010. The van der Waals surface area contributed by atoms with Gasteiger partial charge in [-0.2, -0.15) is 0 Å². The van der Waals surface area contributed by atoms with Crippen LogP contribution in [-0.4, -0.2) is 98.7 Å². The van der Waals surface area contributed by atoms with Crippen molar-refractivity contribution in [2.24, 2.45) is 0 Å². The third kappa shape index (κ3) is 7.91. The number of rotatable bonds is 12. The predicted molar refractivity (Wildman–Crippen MR) is 131 cm³/mol. The van der Waals surface area contributed by atoms with E-state index in [0.29, 0.717) is 17.1 Å². The van der Waals surface area contributed by atoms with Crippen molar-refractivity contribution < 1.29 is 54.0 Å². The fraction of sp³-hybridized carbons (Fsp3) is 0.500. The Labute approximate surface area is 219 Å². The molecule has 0 bridgehead atoms. The first-order valence-electron chi connectivity index (χ1n) is 12.2. The molecule has 1 aliphatic rings. The maximum absolute atomic E-state index is 13.0. The first kappa shape index (κ1) is 29.9. The molecule has 0 aromatic heterocycles. The monoisotopic (exact) mass is 539 g/mol. The summed E-state index contributed by atoms with van der Waals surface area (Å²) >= 11 is 0. The highest BCUT2D eigenvalue weighted by Crippen LogP contribution is 2.23. The van der Waals surface area contributed by atoms with Gasteiger partial charge in [-0.1, -0.05) is 19.1 Å². The van der Waals surface area contributed by atoms with Crippen molar-refractivity contribution >= 4 is 5.91 Å². The van der Waals surface area contributed by atoms with Crippen molar-refractivity contribution in [2.45, 2.75) is 68.7 Å². The average Bonchev–Trinajstić information content (AvgIpc) is 2.92. The van der Waals surface area contributed by atoms with E-state index in [1.165, 1.54) is 24.3 Å². The van der Waals surface area contributed by atoms with E-state index in [1.54, 1.807) is 31.2 Å². The van der Waals surface area contributed by atoms with Gasteiger partial charge in [0.2, 0.25) is 5.91 Å². The van der Waals surface area contributed by atoms with Crippen LogP contribution in [0.3, 0.4) is 0 Å². The summed E-state index contributed by atoms with van der Waals surface area (Å²) in [6.45, 7) is 0.577. The Morgan fingerprint density at radius 2 is 1.61 bits per heavy atom. The van der Waals surface area contributed by atoms with Crippen molar-refractivity contribution in [3.05, 3.63) is 59.9 Å². The summed E-state index contributed by atoms with van der Waals surface area (Å²) in [6.07, 6.45) is -10.1. The van der Waals surface area contributed by atoms with Gasteiger partial charge in [-0.05, 0) is 48.4 Å². The van der Waals surface area contributed by atoms with Crippen LogP contribution in [0.25, 0.3) is 0 Å². The fourth-order valence-electron chi connectivity index (χ4n) is 3.90. The minimum Gasteiger partial charge on any atom is -0.457 e. The summed E-state index contributed by atoms with van der Waals surface area (Å²) in [4.78, 5) is 12.7. The molecule has 0 radical (unpaired) electrons. The van der Waals surface area contributed by atoms with E-state index < -0.39 is 68.1 Å². The Morgan fingerprint density at radius 3 is 2.18 bits per heavy atom. The molecule has 2 aromatic rings. The maximum Gasteiger partial charge on any atom is 0.224 e. The zero-order valence-corrected chi connectivity index (χ0v) is 20.8. The van der Waals surface area contributed by atoms with Crippen LogP contribution in [-0.2, 0) is 20.7 Å². The van der Waals surface area contributed by atoms with E-state index in [-0.39, 0.29) is 18.7 Å². The highest BCUT2D eigenvalue weighted by Gasteiger charge is 2.44. The molecule has 2 unspecified atom stereocenters. The zero-order valence-electron chi connectivity index (χ0n) is 20.8. The molecule has 1 saturated heterocycles. The second-order valence-electron chi connectivity index (χ2n) is 9.05. The number of aliphatic hydroxyl groups excluding tert-OH is 6. The Hall–Kier alpha value is -2.68. The summed E-state index contributed by atoms with van der Waals surface area (Å²) in [7, 11) is 0. The van der Waals surface area contributed by atoms with Crippen LogP contribution in [0, 0.1) is 5.82 Å². The molecule has 7 N–H and O–H groups in total. The van der Waals surface area contributed by atoms with Crippen LogP contribution in [0.15, 0.2) is 48.5 Å². The third-order valence-corrected chi connectivity index (χ3v) is 6.20. The molecule has 38 heavy (non-hydrogen) atoms. The smallest absolute Gasteiger partial charge is 0.224 e. The molecule has 210 valence electrons. The van der Waals surface area contributed by atoms with Crippen LogP contribution in [0.5, 0.6) is 11.5 Å². The summed E-state index contributed by atoms with van der Waals surface area (Å²) in [6, 6.07) is 11.0. The lowest BCUT2D eigenvalue weighted by Crippen LogP contribution is -2.60. The van der Waals surface area contributed by atoms with E-state index >= 15 is 0 Å². The molecule has 12 heteroatoms. The van der Waals surface area contributed by atoms with Gasteiger partial charge in [0.15, 0.2) is 6.29 Å². The van der Waals surface area contributed by atoms with E-state index in [9.17, 15) is 39.8 Å². The normalized spacial score (nSPS) is 25.8. The van der Waals surface area contributed by atoms with E-state index in [4.69, 9.17) is 14.2 Å². The van der Waals surface area contributed by atoms with E-state index in [1.807, 2.05) is 0 Å². The van der Waals surface area contributed by atoms with Gasteiger partial charge >= 0.3 is 0 Å². The molecular formula is C26H34FNO10. The lowest BCUT2D eigenvalue weighted by atomic mass is 9.99. The Kier molecular flexibility index (Phi) is 10.9. The van der Waals surface area contributed by atoms with Crippen LogP contribution in [0.2, 0.25) is 0 Å². The standard InChI is InChI=1S/C26H34FNO10/c1-2-19(30)22(32)18(13-36-26-25(35)24(34)23(33)20(12-29)38-26)28-21(31)11-14-3-7-16(8-4-14)37-17-9-5-15(27)6-10-17/h3-10,18-20,22-26,29-30,32-35H,2,11-13H2,1H3,(H,28,31)/t18-,19+,20?,22-,23+,24-,25?,26-/m0/s1. The van der Waals surface area contributed by atoms with Crippen molar-refractivity contribution in [3.63, 3.8) is 0 Å². The van der Waals surface area contributed by atoms with Crippen molar-refractivity contribution in [1.29, 1.82) is 0 Å². The predicted octanol–water partition coefficient (Wildman–Crippen LogP) is -0.406. The van der Waals surface area contributed by atoms with Crippen molar-refractivity contribution in [2.75, 3.05) is 13.2 Å². The second kappa shape index (κ2) is 13.9. The van der Waals surface area contributed by atoms with Gasteiger partial charge in [-0.15, -0.1) is 0 Å². The summed E-state index contributed by atoms with van der Waals surface area (Å²) < 4.78 is 29.4. The molecule has 0 spiro atoms. The first-order valence-corrected chi connectivity index (χ1v) is 12.2. The van der Waals surface area contributed by atoms with Crippen LogP contribution >= 0.6 is 0 Å². The number of halogens is 1. The first-order chi connectivity index (χ1) is 18.1. The number of nitrogens with one attached hydrogen (secondary N) is 1. The minimum absolute atomic E-state index is 0.0810. The molecule has 1 heterocycles. The molecule has 0 saturated carbocycles. The van der Waals surface area contributed by atoms with Crippen LogP contribution in [0.1, 0.15) is 18.9 Å². The van der Waals surface area contributed by atoms with Gasteiger partial charge in [-0.3, -0.25) is 4.79 Å². The SMILES string of the molecule is CC[C@@H](O)[C@@H](O)[C@H](CO[C@H]1OC(CO)[C@@H](O)[C@H](O)C1O)NC(=O)Cc1ccc(Oc2ccc(F)cc2)cc1. The van der Waals surface area contributed by atoms with Crippen molar-refractivity contribution in [1.82, 2.24) is 5.32 Å². The largest absolute Gasteiger partial charge is 0.457 e. The summed E-state index contributed by atoms with van der Waals surface area (Å²) in [5.74, 6) is 0.0461. The molecule has 0 aliphatic carbocycles. The van der Waals surface area contributed by atoms with Gasteiger partial charge in [-0.25, -0.2) is 4.39 Å². The van der Waals surface area contributed by atoms with Gasteiger partial charge in [0.25, 0.3) is 0 Å². The minimum atomic E-state index is -1.66. The highest BCUT2D eigenvalue weighted by molar-refractivity contribution is 5.79. The number of hydrogen-bond acceptors (Lipinski definition) is 10. The van der Waals surface area contributed by atoms with Gasteiger partial charge in [0.1, 0.15) is 47.8 Å². The number of hydrogen-bond donors (Lipinski definition) is 7. The van der Waals surface area contributed by atoms with Gasteiger partial charge in [0, 0.05) is 0 Å². The summed E-state index contributed by atoms with van der Waals surface area (Å²) in [5, 5.41) is 62.6. The number of ether oxygens (including phenoxy) is 3. The molecule has 1 fully saturated rings. The number of benzene rings is 2. The molecule has 11 nitrogen and oxygen atoms in total. The van der Waals surface area contributed by atoms with E-state index in [2.05, 4.69) is 5.32 Å². The lowest BCUT2D eigenvalue weighted by molar-refractivity contribution is -0.303. The van der Waals surface area contributed by atoms with Crippen molar-refractivity contribution in [3.8, 4) is 11.5 Å². The number of carbonyl (C=O) groups is 1. The number of aliphatic hydroxyl groups is 6. The Balaban J connectivity index is 1.60. The van der Waals surface area contributed by atoms with Crippen LogP contribution < -0.4 is 10.1 Å². The molecule has 3 rings (SSSR count). The molecule has 2 aromatic carbocycles. The Morgan fingerprint density at radius 1 is 1.00 bits per heavy atom. The zero-order chi connectivity index (χ0) is 27.8. The summed E-state index contributed by atoms with van der Waals surface area (Å²) in [5.41, 5.74) is 0.619. The van der Waals surface area contributed by atoms with Gasteiger partial charge < -0.3 is 50.2 Å². The topological polar surface area (TPSA) is 178 Å². The maximum atomic E-state index is 13.0. The molecular weight excluding hydrogens is 505 g/mol. The highest BCUT2D eigenvalue weighted by atomic mass is 19.1. The van der Waals surface area contributed by atoms with Crippen LogP contribution in [0.4, 0.5) is 4.39 Å². The number of carbonyl (C=O) groups excluding carboxylic acids is 1.